The van der Waals surface area contributed by atoms with E-state index in [4.69, 9.17) is 14.7 Å². The van der Waals surface area contributed by atoms with Gasteiger partial charge in [-0.25, -0.2) is 4.79 Å². The monoisotopic (exact) mass is 308 g/mol. The van der Waals surface area contributed by atoms with Crippen LogP contribution in [0.3, 0.4) is 0 Å². The first-order valence-corrected chi connectivity index (χ1v) is 6.90. The van der Waals surface area contributed by atoms with Gasteiger partial charge in [0.2, 0.25) is 0 Å². The Bertz CT molecular complexity index is 810. The van der Waals surface area contributed by atoms with Crippen LogP contribution >= 0.6 is 0 Å². The van der Waals surface area contributed by atoms with Crippen molar-refractivity contribution in [2.75, 3.05) is 18.1 Å². The van der Waals surface area contributed by atoms with Crippen molar-refractivity contribution in [1.82, 2.24) is 0 Å². The lowest BCUT2D eigenvalue weighted by molar-refractivity contribution is -0.134. The minimum Gasteiger partial charge on any atom is -0.482 e. The van der Waals surface area contributed by atoms with E-state index >= 15 is 0 Å². The molecule has 0 bridgehead atoms. The first-order valence-electron chi connectivity index (χ1n) is 6.90. The maximum absolute atomic E-state index is 12.1. The summed E-state index contributed by atoms with van der Waals surface area (Å²) >= 11 is 0. The van der Waals surface area contributed by atoms with Crippen LogP contribution in [0.4, 0.5) is 5.69 Å². The number of hydrogen-bond donors (Lipinski definition) is 0. The van der Waals surface area contributed by atoms with Crippen molar-refractivity contribution < 1.29 is 19.1 Å². The summed E-state index contributed by atoms with van der Waals surface area (Å²) in [4.78, 5) is 25.4. The molecule has 1 heterocycles. The summed E-state index contributed by atoms with van der Waals surface area (Å²) in [6, 6.07) is 15.2. The molecule has 1 aliphatic heterocycles. The average Bonchev–Trinajstić information content (AvgIpc) is 2.57. The first-order chi connectivity index (χ1) is 11.2. The molecule has 114 valence electrons. The SMILES string of the molecule is N#Cc1cccc(OC(=O)CN2C(=O)COc3ccccc32)c1. The number of rotatable bonds is 3. The zero-order chi connectivity index (χ0) is 16.2. The molecule has 1 amide bonds. The third-order valence-corrected chi connectivity index (χ3v) is 3.29. The van der Waals surface area contributed by atoms with Gasteiger partial charge in [0.1, 0.15) is 18.0 Å². The second kappa shape index (κ2) is 6.20. The molecule has 0 N–H and O–H groups in total. The molecule has 0 fully saturated rings. The van der Waals surface area contributed by atoms with E-state index in [1.54, 1.807) is 42.5 Å². The fraction of sp³-hybridized carbons (Fsp3) is 0.118. The van der Waals surface area contributed by atoms with Gasteiger partial charge in [-0.3, -0.25) is 9.69 Å². The number of hydrogen-bond acceptors (Lipinski definition) is 5. The van der Waals surface area contributed by atoms with Crippen LogP contribution in [0.25, 0.3) is 0 Å². The van der Waals surface area contributed by atoms with Crippen LogP contribution in [0.2, 0.25) is 0 Å². The number of nitriles is 1. The smallest absolute Gasteiger partial charge is 0.331 e. The van der Waals surface area contributed by atoms with Crippen molar-refractivity contribution in [3.8, 4) is 17.6 Å². The number of amides is 1. The van der Waals surface area contributed by atoms with Crippen molar-refractivity contribution in [1.29, 1.82) is 5.26 Å². The molecule has 1 aliphatic rings. The van der Waals surface area contributed by atoms with Crippen LogP contribution in [0.1, 0.15) is 5.56 Å². The van der Waals surface area contributed by atoms with E-state index in [9.17, 15) is 9.59 Å². The predicted molar refractivity (Wildman–Crippen MR) is 81.1 cm³/mol. The summed E-state index contributed by atoms with van der Waals surface area (Å²) in [6.45, 7) is -0.343. The number of benzene rings is 2. The highest BCUT2D eigenvalue weighted by Gasteiger charge is 2.27. The van der Waals surface area contributed by atoms with E-state index in [1.165, 1.54) is 11.0 Å². The maximum Gasteiger partial charge on any atom is 0.331 e. The number of fused-ring (bicyclic) bond motifs is 1. The lowest BCUT2D eigenvalue weighted by Gasteiger charge is -2.28. The molecule has 0 unspecified atom stereocenters. The Kier molecular flexibility index (Phi) is 3.93. The van der Waals surface area contributed by atoms with Gasteiger partial charge in [-0.1, -0.05) is 18.2 Å². The van der Waals surface area contributed by atoms with Crippen molar-refractivity contribution in [2.24, 2.45) is 0 Å². The zero-order valence-corrected chi connectivity index (χ0v) is 12.1. The van der Waals surface area contributed by atoms with Crippen LogP contribution in [0.15, 0.2) is 48.5 Å². The quantitative estimate of drug-likeness (QED) is 0.639. The Balaban J connectivity index is 1.75. The molecule has 0 spiro atoms. The molecule has 0 saturated heterocycles. The highest BCUT2D eigenvalue weighted by molar-refractivity contribution is 6.01. The highest BCUT2D eigenvalue weighted by Crippen LogP contribution is 2.31. The number of ether oxygens (including phenoxy) is 2. The number of para-hydroxylation sites is 2. The number of anilines is 1. The first kappa shape index (κ1) is 14.6. The molecule has 3 rings (SSSR count). The van der Waals surface area contributed by atoms with E-state index < -0.39 is 5.97 Å². The Morgan fingerprint density at radius 2 is 2.09 bits per heavy atom. The van der Waals surface area contributed by atoms with Crippen LogP contribution in [0.5, 0.6) is 11.5 Å². The van der Waals surface area contributed by atoms with Crippen LogP contribution in [-0.2, 0) is 9.59 Å². The molecular formula is C17H12N2O4. The molecule has 6 heteroatoms. The topological polar surface area (TPSA) is 79.6 Å². The minimum absolute atomic E-state index is 0.117. The zero-order valence-electron chi connectivity index (χ0n) is 12.1. The Morgan fingerprint density at radius 3 is 2.91 bits per heavy atom. The Labute approximate surface area is 132 Å². The van der Waals surface area contributed by atoms with Gasteiger partial charge in [0.05, 0.1) is 17.3 Å². The third-order valence-electron chi connectivity index (χ3n) is 3.29. The molecule has 0 saturated carbocycles. The van der Waals surface area contributed by atoms with E-state index in [0.717, 1.165) is 0 Å². The van der Waals surface area contributed by atoms with Gasteiger partial charge in [-0.15, -0.1) is 0 Å². The van der Waals surface area contributed by atoms with E-state index in [0.29, 0.717) is 17.0 Å². The van der Waals surface area contributed by atoms with Gasteiger partial charge in [-0.2, -0.15) is 5.26 Å². The van der Waals surface area contributed by atoms with Crippen LogP contribution in [-0.4, -0.2) is 25.0 Å². The molecule has 2 aromatic rings. The van der Waals surface area contributed by atoms with Crippen molar-refractivity contribution in [2.45, 2.75) is 0 Å². The van der Waals surface area contributed by atoms with Crippen molar-refractivity contribution >= 4 is 17.6 Å². The number of nitrogens with zero attached hydrogens (tertiary/aromatic N) is 2. The lowest BCUT2D eigenvalue weighted by Crippen LogP contribution is -2.43. The Morgan fingerprint density at radius 1 is 1.26 bits per heavy atom. The second-order valence-corrected chi connectivity index (χ2v) is 4.85. The summed E-state index contributed by atoms with van der Waals surface area (Å²) < 4.78 is 10.5. The summed E-state index contributed by atoms with van der Waals surface area (Å²) in [5.41, 5.74) is 0.926. The third kappa shape index (κ3) is 3.14. The number of carbonyl (C=O) groups is 2. The number of esters is 1. The summed E-state index contributed by atoms with van der Waals surface area (Å²) in [5.74, 6) is -0.0917. The fourth-order valence-electron chi connectivity index (χ4n) is 2.25. The van der Waals surface area contributed by atoms with E-state index in [1.807, 2.05) is 6.07 Å². The van der Waals surface area contributed by atoms with Gasteiger partial charge >= 0.3 is 5.97 Å². The van der Waals surface area contributed by atoms with Crippen molar-refractivity contribution in [3.05, 3.63) is 54.1 Å². The standard InChI is InChI=1S/C17H12N2O4/c18-9-12-4-3-5-13(8-12)23-17(21)10-19-14-6-1-2-7-15(14)22-11-16(19)20/h1-8H,10-11H2. The highest BCUT2D eigenvalue weighted by atomic mass is 16.5. The molecule has 0 radical (unpaired) electrons. The van der Waals surface area contributed by atoms with E-state index in [2.05, 4.69) is 0 Å². The second-order valence-electron chi connectivity index (χ2n) is 4.85. The van der Waals surface area contributed by atoms with Gasteiger partial charge < -0.3 is 9.47 Å². The van der Waals surface area contributed by atoms with Crippen LogP contribution in [0, 0.1) is 11.3 Å². The summed E-state index contributed by atoms with van der Waals surface area (Å²) in [5, 5.41) is 8.84. The number of carbonyl (C=O) groups excluding carboxylic acids is 2. The maximum atomic E-state index is 12.1. The molecule has 6 nitrogen and oxygen atoms in total. The van der Waals surface area contributed by atoms with Gasteiger partial charge in [-0.05, 0) is 30.3 Å². The minimum atomic E-state index is -0.592. The van der Waals surface area contributed by atoms with Gasteiger partial charge in [0.15, 0.2) is 6.61 Å². The fourth-order valence-corrected chi connectivity index (χ4v) is 2.25. The molecule has 0 atom stereocenters. The molecule has 2 aromatic carbocycles. The van der Waals surface area contributed by atoms with Gasteiger partial charge in [0, 0.05) is 0 Å². The lowest BCUT2D eigenvalue weighted by atomic mass is 10.2. The van der Waals surface area contributed by atoms with E-state index in [-0.39, 0.29) is 24.8 Å². The average molecular weight is 308 g/mol. The van der Waals surface area contributed by atoms with Gasteiger partial charge in [0.25, 0.3) is 5.91 Å². The van der Waals surface area contributed by atoms with Crippen molar-refractivity contribution in [3.63, 3.8) is 0 Å². The molecule has 0 aliphatic carbocycles. The predicted octanol–water partition coefficient (Wildman–Crippen LogP) is 1.89. The normalized spacial score (nSPS) is 12.8. The summed E-state index contributed by atoms with van der Waals surface area (Å²) in [6.07, 6.45) is 0. The Hall–Kier alpha value is -3.33. The largest absolute Gasteiger partial charge is 0.482 e. The summed E-state index contributed by atoms with van der Waals surface area (Å²) in [7, 11) is 0. The molecular weight excluding hydrogens is 296 g/mol. The van der Waals surface area contributed by atoms with Crippen LogP contribution < -0.4 is 14.4 Å². The molecule has 0 aromatic heterocycles. The molecule has 23 heavy (non-hydrogen) atoms.